The summed E-state index contributed by atoms with van der Waals surface area (Å²) in [6.07, 6.45) is 0. The monoisotopic (exact) mass is 360 g/mol. The van der Waals surface area contributed by atoms with E-state index in [0.717, 1.165) is 11.1 Å². The van der Waals surface area contributed by atoms with Crippen LogP contribution in [-0.2, 0) is 4.79 Å². The van der Waals surface area contributed by atoms with Crippen molar-refractivity contribution in [3.05, 3.63) is 46.1 Å². The summed E-state index contributed by atoms with van der Waals surface area (Å²) in [6, 6.07) is 7.25. The van der Waals surface area contributed by atoms with Crippen molar-refractivity contribution in [1.29, 1.82) is 0 Å². The lowest BCUT2D eigenvalue weighted by atomic mass is 10.1. The Balaban J connectivity index is 2.34. The first-order valence-electron chi connectivity index (χ1n) is 6.61. The molecule has 0 radical (unpaired) electrons. The average molecular weight is 362 g/mol. The van der Waals surface area contributed by atoms with Gasteiger partial charge in [0.25, 0.3) is 0 Å². The quantitative estimate of drug-likeness (QED) is 0.596. The summed E-state index contributed by atoms with van der Waals surface area (Å²) < 4.78 is 6.79. The van der Waals surface area contributed by atoms with Gasteiger partial charge in [-0.1, -0.05) is 46.9 Å². The van der Waals surface area contributed by atoms with Gasteiger partial charge in [-0.2, -0.15) is 5.10 Å². The molecule has 0 bridgehead atoms. The molecule has 1 heterocycles. The number of hydrogen-bond donors (Lipinski definition) is 0. The third-order valence-corrected chi connectivity index (χ3v) is 4.02. The van der Waals surface area contributed by atoms with Crippen LogP contribution in [0.5, 0.6) is 5.88 Å². The molecule has 0 saturated carbocycles. The molecule has 2 rings (SSSR count). The molecule has 1 aromatic carbocycles. The second kappa shape index (κ2) is 6.90. The van der Waals surface area contributed by atoms with E-state index >= 15 is 0 Å². The third kappa shape index (κ3) is 3.75. The molecule has 4 nitrogen and oxygen atoms in total. The number of ether oxygens (including phenoxy) is 1. The molecular weight excluding hydrogens is 347 g/mol. The van der Waals surface area contributed by atoms with E-state index in [2.05, 4.69) is 5.10 Å². The summed E-state index contributed by atoms with van der Waals surface area (Å²) in [5, 5.41) is 5.04. The minimum atomic E-state index is -1.24. The zero-order valence-electron chi connectivity index (χ0n) is 12.3. The number of carbonyl (C=O) groups is 1. The molecule has 118 valence electrons. The Morgan fingerprint density at radius 1 is 1.27 bits per heavy atom. The molecule has 22 heavy (non-hydrogen) atoms. The predicted octanol–water partition coefficient (Wildman–Crippen LogP) is 4.47. The highest BCUT2D eigenvalue weighted by atomic mass is 35.5. The molecule has 0 saturated heterocycles. The third-order valence-electron chi connectivity index (χ3n) is 3.25. The van der Waals surface area contributed by atoms with Gasteiger partial charge in [-0.15, -0.1) is 0 Å². The zero-order chi connectivity index (χ0) is 16.4. The first-order chi connectivity index (χ1) is 10.3. The number of aryl methyl sites for hydroxylation is 2. The number of alkyl halides is 2. The summed E-state index contributed by atoms with van der Waals surface area (Å²) in [5.74, 6) is -0.448. The van der Waals surface area contributed by atoms with Gasteiger partial charge in [0, 0.05) is 11.1 Å². The maximum absolute atomic E-state index is 11.6. The van der Waals surface area contributed by atoms with Crippen LogP contribution < -0.4 is 4.74 Å². The maximum Gasteiger partial charge on any atom is 0.346 e. The minimum Gasteiger partial charge on any atom is -0.406 e. The van der Waals surface area contributed by atoms with Crippen LogP contribution in [0.2, 0.25) is 5.02 Å². The van der Waals surface area contributed by atoms with Gasteiger partial charge in [-0.05, 0) is 38.0 Å². The van der Waals surface area contributed by atoms with Crippen LogP contribution in [0.4, 0.5) is 0 Å². The Morgan fingerprint density at radius 3 is 2.55 bits per heavy atom. The van der Waals surface area contributed by atoms with Crippen LogP contribution >= 0.6 is 34.8 Å². The van der Waals surface area contributed by atoms with E-state index in [1.165, 1.54) is 0 Å². The Morgan fingerprint density at radius 2 is 1.95 bits per heavy atom. The topological polar surface area (TPSA) is 44.1 Å². The van der Waals surface area contributed by atoms with Crippen LogP contribution in [0.1, 0.15) is 29.8 Å². The van der Waals surface area contributed by atoms with Crippen molar-refractivity contribution < 1.29 is 9.53 Å². The van der Waals surface area contributed by atoms with Gasteiger partial charge in [-0.25, -0.2) is 9.48 Å². The first-order valence-corrected chi connectivity index (χ1v) is 7.86. The van der Waals surface area contributed by atoms with E-state index in [1.54, 1.807) is 10.7 Å². The fourth-order valence-corrected chi connectivity index (χ4v) is 2.28. The molecule has 0 N–H and O–H groups in total. The van der Waals surface area contributed by atoms with Gasteiger partial charge >= 0.3 is 5.97 Å². The zero-order valence-corrected chi connectivity index (χ0v) is 14.6. The summed E-state index contributed by atoms with van der Waals surface area (Å²) in [5.41, 5.74) is 2.66. The first kappa shape index (κ1) is 17.1. The van der Waals surface area contributed by atoms with Crippen molar-refractivity contribution >= 4 is 40.8 Å². The van der Waals surface area contributed by atoms with E-state index in [4.69, 9.17) is 39.5 Å². The largest absolute Gasteiger partial charge is 0.406 e. The number of hydrogen-bond acceptors (Lipinski definition) is 3. The Hall–Kier alpha value is -1.23. The standard InChI is InChI=1S/C15H15Cl3N2O2/c1-8-4-5-11(7-12(8)16)10(3)20-13(6-9(2)19-20)22-15(21)14(17)18/h4-7,10,14H,1-3H3. The molecule has 0 aliphatic carbocycles. The van der Waals surface area contributed by atoms with Gasteiger partial charge in [0.2, 0.25) is 10.7 Å². The Bertz CT molecular complexity index is 698. The molecule has 2 aromatic rings. The van der Waals surface area contributed by atoms with Gasteiger partial charge in [-0.3, -0.25) is 0 Å². The molecule has 1 atom stereocenters. The van der Waals surface area contributed by atoms with E-state index < -0.39 is 10.8 Å². The summed E-state index contributed by atoms with van der Waals surface area (Å²) in [4.78, 5) is 10.3. The Kier molecular flexibility index (Phi) is 5.37. The number of nitrogens with zero attached hydrogens (tertiary/aromatic N) is 2. The number of esters is 1. The lowest BCUT2D eigenvalue weighted by molar-refractivity contribution is -0.132. The van der Waals surface area contributed by atoms with E-state index in [-0.39, 0.29) is 11.9 Å². The summed E-state index contributed by atoms with van der Waals surface area (Å²) in [7, 11) is 0. The lowest BCUT2D eigenvalue weighted by Crippen LogP contribution is -2.19. The number of rotatable bonds is 4. The van der Waals surface area contributed by atoms with E-state index in [0.29, 0.717) is 10.7 Å². The predicted molar refractivity (Wildman–Crippen MR) is 88.1 cm³/mol. The van der Waals surface area contributed by atoms with Crippen molar-refractivity contribution in [3.8, 4) is 5.88 Å². The molecule has 0 aliphatic heterocycles. The average Bonchev–Trinajstić information content (AvgIpc) is 2.81. The van der Waals surface area contributed by atoms with Crippen LogP contribution in [0, 0.1) is 13.8 Å². The lowest BCUT2D eigenvalue weighted by Gasteiger charge is -2.16. The van der Waals surface area contributed by atoms with Crippen molar-refractivity contribution in [1.82, 2.24) is 9.78 Å². The van der Waals surface area contributed by atoms with E-state index in [1.807, 2.05) is 39.0 Å². The van der Waals surface area contributed by atoms with Crippen molar-refractivity contribution in [3.63, 3.8) is 0 Å². The molecule has 0 spiro atoms. The van der Waals surface area contributed by atoms with Gasteiger partial charge in [0.1, 0.15) is 0 Å². The molecule has 7 heteroatoms. The van der Waals surface area contributed by atoms with Crippen LogP contribution in [0.15, 0.2) is 24.3 Å². The highest BCUT2D eigenvalue weighted by Crippen LogP contribution is 2.28. The molecule has 1 unspecified atom stereocenters. The number of carbonyl (C=O) groups excluding carboxylic acids is 1. The fourth-order valence-electron chi connectivity index (χ4n) is 2.00. The van der Waals surface area contributed by atoms with Crippen LogP contribution in [-0.4, -0.2) is 20.6 Å². The van der Waals surface area contributed by atoms with Crippen molar-refractivity contribution in [2.75, 3.05) is 0 Å². The highest BCUT2D eigenvalue weighted by Gasteiger charge is 2.21. The summed E-state index contributed by atoms with van der Waals surface area (Å²) >= 11 is 17.2. The number of aromatic nitrogens is 2. The van der Waals surface area contributed by atoms with Crippen LogP contribution in [0.3, 0.4) is 0 Å². The smallest absolute Gasteiger partial charge is 0.346 e. The fraction of sp³-hybridized carbons (Fsp3) is 0.333. The van der Waals surface area contributed by atoms with Gasteiger partial charge in [0.15, 0.2) is 0 Å². The normalized spacial score (nSPS) is 12.5. The number of halogens is 3. The van der Waals surface area contributed by atoms with Gasteiger partial charge in [0.05, 0.1) is 11.7 Å². The maximum atomic E-state index is 11.6. The minimum absolute atomic E-state index is 0.168. The molecule has 0 aliphatic rings. The molecule has 1 aromatic heterocycles. The Labute approximate surface area is 143 Å². The molecule has 0 amide bonds. The molecule has 0 fully saturated rings. The van der Waals surface area contributed by atoms with E-state index in [9.17, 15) is 4.79 Å². The second-order valence-electron chi connectivity index (χ2n) is 4.97. The second-order valence-corrected chi connectivity index (χ2v) is 6.48. The summed E-state index contributed by atoms with van der Waals surface area (Å²) in [6.45, 7) is 5.67. The number of benzene rings is 1. The van der Waals surface area contributed by atoms with Crippen molar-refractivity contribution in [2.24, 2.45) is 0 Å². The van der Waals surface area contributed by atoms with Crippen LogP contribution in [0.25, 0.3) is 0 Å². The highest BCUT2D eigenvalue weighted by molar-refractivity contribution is 6.53. The van der Waals surface area contributed by atoms with Crippen molar-refractivity contribution in [2.45, 2.75) is 31.6 Å². The molecular formula is C15H15Cl3N2O2. The SMILES string of the molecule is Cc1cc(OC(=O)C(Cl)Cl)n(C(C)c2ccc(C)c(Cl)c2)n1. The van der Waals surface area contributed by atoms with Gasteiger partial charge < -0.3 is 4.74 Å².